The van der Waals surface area contributed by atoms with Crippen molar-refractivity contribution in [1.82, 2.24) is 10.2 Å². The van der Waals surface area contributed by atoms with E-state index < -0.39 is 17.8 Å². The summed E-state index contributed by atoms with van der Waals surface area (Å²) in [4.78, 5) is 11.0. The van der Waals surface area contributed by atoms with Crippen molar-refractivity contribution in [3.05, 3.63) is 46.1 Å². The zero-order chi connectivity index (χ0) is 15.6. The summed E-state index contributed by atoms with van der Waals surface area (Å²) in [6, 6.07) is 5.81. The van der Waals surface area contributed by atoms with Crippen molar-refractivity contribution in [2.75, 3.05) is 0 Å². The second kappa shape index (κ2) is 5.68. The normalized spacial score (nSPS) is 11.2. The molecule has 0 atom stereocenters. The molecule has 0 aliphatic carbocycles. The third-order valence-electron chi connectivity index (χ3n) is 2.32. The van der Waals surface area contributed by atoms with Gasteiger partial charge in [0.15, 0.2) is 5.69 Å². The summed E-state index contributed by atoms with van der Waals surface area (Å²) < 4.78 is 42.7. The molecule has 0 bridgehead atoms. The Balaban J connectivity index is 2.30. The Labute approximate surface area is 124 Å². The highest BCUT2D eigenvalue weighted by atomic mass is 79.9. The van der Waals surface area contributed by atoms with Gasteiger partial charge in [-0.25, -0.2) is 4.79 Å². The van der Waals surface area contributed by atoms with Crippen molar-refractivity contribution in [2.24, 2.45) is 0 Å². The van der Waals surface area contributed by atoms with E-state index in [-0.39, 0.29) is 17.2 Å². The van der Waals surface area contributed by atoms with Crippen LogP contribution in [-0.4, -0.2) is 21.3 Å². The summed E-state index contributed by atoms with van der Waals surface area (Å²) >= 11 is 3.14. The topological polar surface area (TPSA) is 72.3 Å². The van der Waals surface area contributed by atoms with Gasteiger partial charge in [-0.3, -0.25) is 0 Å². The Bertz CT molecular complexity index is 674. The first-order valence-electron chi connectivity index (χ1n) is 5.39. The first-order valence-corrected chi connectivity index (χ1v) is 6.18. The first-order chi connectivity index (χ1) is 9.77. The lowest BCUT2D eigenvalue weighted by Gasteiger charge is -2.09. The Morgan fingerprint density at radius 1 is 1.19 bits per heavy atom. The Hall–Kier alpha value is -2.16. The average molecular weight is 363 g/mol. The molecule has 0 fully saturated rings. The van der Waals surface area contributed by atoms with Gasteiger partial charge in [0.05, 0.1) is 0 Å². The molecule has 110 valence electrons. The van der Waals surface area contributed by atoms with Crippen molar-refractivity contribution in [3.8, 4) is 11.6 Å². The van der Waals surface area contributed by atoms with Crippen LogP contribution in [0.2, 0.25) is 0 Å². The fourth-order valence-electron chi connectivity index (χ4n) is 1.40. The molecule has 9 heteroatoms. The second-order valence-corrected chi connectivity index (χ2v) is 4.72. The molecular weight excluding hydrogens is 357 g/mol. The lowest BCUT2D eigenvalue weighted by atomic mass is 10.2. The second-order valence-electron chi connectivity index (χ2n) is 3.80. The maximum absolute atomic E-state index is 12.3. The molecule has 2 aromatic rings. The van der Waals surface area contributed by atoms with E-state index in [9.17, 15) is 18.0 Å². The highest BCUT2D eigenvalue weighted by Crippen LogP contribution is 2.30. The van der Waals surface area contributed by atoms with Gasteiger partial charge >= 0.3 is 12.1 Å². The fraction of sp³-hybridized carbons (Fsp3) is 0.0833. The number of halogens is 4. The summed E-state index contributed by atoms with van der Waals surface area (Å²) in [6.07, 6.45) is -4.60. The van der Waals surface area contributed by atoms with Crippen LogP contribution in [0, 0.1) is 0 Å². The van der Waals surface area contributed by atoms with Crippen LogP contribution in [0.1, 0.15) is 16.1 Å². The van der Waals surface area contributed by atoms with Gasteiger partial charge in [-0.15, -0.1) is 10.2 Å². The molecule has 0 radical (unpaired) electrons. The number of aromatic carboxylic acids is 1. The molecule has 5 nitrogen and oxygen atoms in total. The number of carboxylic acids is 1. The van der Waals surface area contributed by atoms with E-state index >= 15 is 0 Å². The number of benzene rings is 1. The summed E-state index contributed by atoms with van der Waals surface area (Å²) in [5.74, 6) is -1.55. The summed E-state index contributed by atoms with van der Waals surface area (Å²) in [6.45, 7) is 0. The molecule has 0 saturated heterocycles. The highest BCUT2D eigenvalue weighted by molar-refractivity contribution is 9.10. The van der Waals surface area contributed by atoms with Crippen molar-refractivity contribution in [3.63, 3.8) is 0 Å². The fourth-order valence-corrected chi connectivity index (χ4v) is 1.74. The predicted octanol–water partition coefficient (Wildman–Crippen LogP) is 3.75. The van der Waals surface area contributed by atoms with Crippen LogP contribution in [0.3, 0.4) is 0 Å². The molecule has 1 aromatic heterocycles. The van der Waals surface area contributed by atoms with Crippen LogP contribution in [0.25, 0.3) is 0 Å². The summed E-state index contributed by atoms with van der Waals surface area (Å²) in [5.41, 5.74) is -1.32. The molecule has 0 unspecified atom stereocenters. The maximum atomic E-state index is 12.3. The molecule has 1 aromatic carbocycles. The Kier molecular flexibility index (Phi) is 4.12. The van der Waals surface area contributed by atoms with Crippen molar-refractivity contribution in [1.29, 1.82) is 0 Å². The standard InChI is InChI=1S/C12H6BrF3N2O3/c13-6-1-2-7(11(19)20)8(5-6)21-10-4-3-9(17-18-10)12(14,15)16/h1-5H,(H,19,20). The van der Waals surface area contributed by atoms with Gasteiger partial charge in [0.2, 0.25) is 5.88 Å². The van der Waals surface area contributed by atoms with E-state index in [1.807, 2.05) is 0 Å². The molecule has 1 N–H and O–H groups in total. The van der Waals surface area contributed by atoms with Crippen LogP contribution < -0.4 is 4.74 Å². The minimum Gasteiger partial charge on any atom is -0.478 e. The van der Waals surface area contributed by atoms with Crippen LogP contribution in [0.15, 0.2) is 34.8 Å². The van der Waals surface area contributed by atoms with Crippen LogP contribution in [0.4, 0.5) is 13.2 Å². The van der Waals surface area contributed by atoms with E-state index in [0.29, 0.717) is 10.5 Å². The molecule has 21 heavy (non-hydrogen) atoms. The minimum atomic E-state index is -4.60. The van der Waals surface area contributed by atoms with Crippen LogP contribution in [-0.2, 0) is 6.18 Å². The van der Waals surface area contributed by atoms with E-state index in [0.717, 1.165) is 6.07 Å². The Morgan fingerprint density at radius 3 is 2.43 bits per heavy atom. The first kappa shape index (κ1) is 15.2. The number of ether oxygens (including phenoxy) is 1. The van der Waals surface area contributed by atoms with Gasteiger partial charge in [-0.2, -0.15) is 13.2 Å². The maximum Gasteiger partial charge on any atom is 0.435 e. The smallest absolute Gasteiger partial charge is 0.435 e. The number of carbonyl (C=O) groups is 1. The summed E-state index contributed by atoms with van der Waals surface area (Å²) in [7, 11) is 0. The monoisotopic (exact) mass is 362 g/mol. The van der Waals surface area contributed by atoms with E-state index in [2.05, 4.69) is 26.1 Å². The number of carboxylic acid groups (broad SMARTS) is 1. The molecule has 0 aliphatic heterocycles. The van der Waals surface area contributed by atoms with E-state index in [1.165, 1.54) is 18.2 Å². The Morgan fingerprint density at radius 2 is 1.90 bits per heavy atom. The molecule has 0 spiro atoms. The number of nitrogens with zero attached hydrogens (tertiary/aromatic N) is 2. The molecule has 1 heterocycles. The number of hydrogen-bond acceptors (Lipinski definition) is 4. The predicted molar refractivity (Wildman–Crippen MR) is 68.2 cm³/mol. The van der Waals surface area contributed by atoms with Gasteiger partial charge in [0.25, 0.3) is 0 Å². The van der Waals surface area contributed by atoms with Gasteiger partial charge in [-0.05, 0) is 24.3 Å². The zero-order valence-electron chi connectivity index (χ0n) is 10.1. The third kappa shape index (κ3) is 3.69. The van der Waals surface area contributed by atoms with Gasteiger partial charge in [0.1, 0.15) is 11.3 Å². The molecule has 0 aliphatic rings. The molecule has 0 amide bonds. The third-order valence-corrected chi connectivity index (χ3v) is 2.81. The summed E-state index contributed by atoms with van der Waals surface area (Å²) in [5, 5.41) is 15.3. The van der Waals surface area contributed by atoms with Gasteiger partial charge in [-0.1, -0.05) is 15.9 Å². The van der Waals surface area contributed by atoms with Crippen molar-refractivity contribution < 1.29 is 27.8 Å². The minimum absolute atomic E-state index is 0.0640. The number of alkyl halides is 3. The lowest BCUT2D eigenvalue weighted by molar-refractivity contribution is -0.141. The van der Waals surface area contributed by atoms with Crippen LogP contribution in [0.5, 0.6) is 11.6 Å². The van der Waals surface area contributed by atoms with E-state index in [4.69, 9.17) is 9.84 Å². The van der Waals surface area contributed by atoms with Crippen LogP contribution >= 0.6 is 15.9 Å². The molecule has 0 saturated carbocycles. The quantitative estimate of drug-likeness (QED) is 0.900. The van der Waals surface area contributed by atoms with Gasteiger partial charge in [0, 0.05) is 10.5 Å². The number of rotatable bonds is 3. The molecular formula is C12H6BrF3N2O3. The zero-order valence-corrected chi connectivity index (χ0v) is 11.6. The number of aromatic nitrogens is 2. The van der Waals surface area contributed by atoms with Crippen molar-refractivity contribution in [2.45, 2.75) is 6.18 Å². The van der Waals surface area contributed by atoms with E-state index in [1.54, 1.807) is 0 Å². The largest absolute Gasteiger partial charge is 0.478 e. The highest BCUT2D eigenvalue weighted by Gasteiger charge is 2.33. The SMILES string of the molecule is O=C(O)c1ccc(Br)cc1Oc1ccc(C(F)(F)F)nn1. The average Bonchev–Trinajstić information content (AvgIpc) is 2.38. The van der Waals surface area contributed by atoms with Gasteiger partial charge < -0.3 is 9.84 Å². The number of hydrogen-bond donors (Lipinski definition) is 1. The van der Waals surface area contributed by atoms with Crippen molar-refractivity contribution >= 4 is 21.9 Å². The molecule has 2 rings (SSSR count). The lowest BCUT2D eigenvalue weighted by Crippen LogP contribution is -2.09.